The van der Waals surface area contributed by atoms with Crippen LogP contribution in [-0.4, -0.2) is 37.6 Å². The molecule has 4 rings (SSSR count). The SMILES string of the molecule is Cc1cc(N2CCOCC2)c2ccc(-c3ccc(C(C)C=O)cc3)cc2n1. The fraction of sp³-hybridized carbons (Fsp3) is 0.304. The van der Waals surface area contributed by atoms with Crippen LogP contribution in [0.15, 0.2) is 48.5 Å². The summed E-state index contributed by atoms with van der Waals surface area (Å²) in [5.41, 5.74) is 6.59. The lowest BCUT2D eigenvalue weighted by molar-refractivity contribution is -0.108. The monoisotopic (exact) mass is 360 g/mol. The van der Waals surface area contributed by atoms with E-state index in [-0.39, 0.29) is 5.92 Å². The van der Waals surface area contributed by atoms with Gasteiger partial charge in [0.15, 0.2) is 0 Å². The van der Waals surface area contributed by atoms with Crippen molar-refractivity contribution < 1.29 is 9.53 Å². The molecule has 0 aliphatic carbocycles. The Morgan fingerprint density at radius 3 is 2.44 bits per heavy atom. The summed E-state index contributed by atoms with van der Waals surface area (Å²) in [6.45, 7) is 7.33. The number of aldehydes is 1. The first-order valence-electron chi connectivity index (χ1n) is 9.45. The molecule has 1 saturated heterocycles. The largest absolute Gasteiger partial charge is 0.378 e. The third kappa shape index (κ3) is 3.58. The van der Waals surface area contributed by atoms with Crippen LogP contribution in [0.25, 0.3) is 22.0 Å². The first kappa shape index (κ1) is 17.7. The summed E-state index contributed by atoms with van der Waals surface area (Å²) in [4.78, 5) is 18.1. The quantitative estimate of drug-likeness (QED) is 0.649. The highest BCUT2D eigenvalue weighted by Crippen LogP contribution is 2.31. The molecule has 4 nitrogen and oxygen atoms in total. The summed E-state index contributed by atoms with van der Waals surface area (Å²) in [5, 5.41) is 1.18. The van der Waals surface area contributed by atoms with Gasteiger partial charge in [-0.25, -0.2) is 0 Å². The van der Waals surface area contributed by atoms with Gasteiger partial charge in [-0.15, -0.1) is 0 Å². The Balaban J connectivity index is 1.73. The Morgan fingerprint density at radius 2 is 1.74 bits per heavy atom. The van der Waals surface area contributed by atoms with E-state index in [2.05, 4.69) is 41.3 Å². The Hall–Kier alpha value is -2.72. The van der Waals surface area contributed by atoms with E-state index in [1.54, 1.807) is 0 Å². The van der Waals surface area contributed by atoms with E-state index < -0.39 is 0 Å². The minimum Gasteiger partial charge on any atom is -0.378 e. The normalized spacial score (nSPS) is 15.7. The standard InChI is InChI=1S/C23H24N2O2/c1-16(15-26)18-3-5-19(6-4-18)20-7-8-21-22(14-20)24-17(2)13-23(21)25-9-11-27-12-10-25/h3-8,13-16H,9-12H2,1-2H3. The molecule has 1 aliphatic heterocycles. The number of carbonyl (C=O) groups excluding carboxylic acids is 1. The van der Waals surface area contributed by atoms with Gasteiger partial charge in [0.2, 0.25) is 0 Å². The predicted molar refractivity (Wildman–Crippen MR) is 109 cm³/mol. The van der Waals surface area contributed by atoms with Crippen LogP contribution in [-0.2, 0) is 9.53 Å². The molecular weight excluding hydrogens is 336 g/mol. The van der Waals surface area contributed by atoms with Crippen LogP contribution >= 0.6 is 0 Å². The van der Waals surface area contributed by atoms with Crippen LogP contribution in [0.5, 0.6) is 0 Å². The number of ether oxygens (including phenoxy) is 1. The number of nitrogens with zero attached hydrogens (tertiary/aromatic N) is 2. The number of benzene rings is 2. The van der Waals surface area contributed by atoms with E-state index in [4.69, 9.17) is 9.72 Å². The maximum absolute atomic E-state index is 11.0. The highest BCUT2D eigenvalue weighted by molar-refractivity contribution is 5.94. The number of rotatable bonds is 4. The van der Waals surface area contributed by atoms with Crippen LogP contribution in [0.1, 0.15) is 24.1 Å². The molecular formula is C23H24N2O2. The summed E-state index contributed by atoms with van der Waals surface area (Å²) in [5.74, 6) is -0.0731. The van der Waals surface area contributed by atoms with E-state index >= 15 is 0 Å². The zero-order valence-electron chi connectivity index (χ0n) is 15.8. The minimum absolute atomic E-state index is 0.0731. The molecule has 2 aromatic carbocycles. The first-order valence-corrected chi connectivity index (χ1v) is 9.45. The van der Waals surface area contributed by atoms with Crippen molar-refractivity contribution in [1.29, 1.82) is 0 Å². The molecule has 138 valence electrons. The van der Waals surface area contributed by atoms with Gasteiger partial charge in [0.25, 0.3) is 0 Å². The Kier molecular flexibility index (Phi) is 4.90. The van der Waals surface area contributed by atoms with Gasteiger partial charge in [0.05, 0.1) is 18.7 Å². The molecule has 0 radical (unpaired) electrons. The molecule has 3 aromatic rings. The molecule has 0 amide bonds. The van der Waals surface area contributed by atoms with Crippen molar-refractivity contribution in [3.05, 3.63) is 59.8 Å². The summed E-state index contributed by atoms with van der Waals surface area (Å²) in [6, 6.07) is 16.9. The minimum atomic E-state index is -0.0731. The topological polar surface area (TPSA) is 42.4 Å². The van der Waals surface area contributed by atoms with E-state index in [0.29, 0.717) is 0 Å². The molecule has 2 heterocycles. The second-order valence-electron chi connectivity index (χ2n) is 7.16. The number of hydrogen-bond donors (Lipinski definition) is 0. The second-order valence-corrected chi connectivity index (χ2v) is 7.16. The van der Waals surface area contributed by atoms with Gasteiger partial charge in [-0.05, 0) is 35.7 Å². The van der Waals surface area contributed by atoms with E-state index in [9.17, 15) is 4.79 Å². The van der Waals surface area contributed by atoms with Crippen molar-refractivity contribution >= 4 is 22.9 Å². The number of hydrogen-bond acceptors (Lipinski definition) is 4. The van der Waals surface area contributed by atoms with E-state index in [1.165, 1.54) is 11.1 Å². The number of aromatic nitrogens is 1. The molecule has 0 N–H and O–H groups in total. The number of anilines is 1. The first-order chi connectivity index (χ1) is 13.2. The Morgan fingerprint density at radius 1 is 1.04 bits per heavy atom. The third-order valence-electron chi connectivity index (χ3n) is 5.24. The lowest BCUT2D eigenvalue weighted by Crippen LogP contribution is -2.36. The molecule has 4 heteroatoms. The summed E-state index contributed by atoms with van der Waals surface area (Å²) < 4.78 is 5.50. The van der Waals surface area contributed by atoms with Gasteiger partial charge in [-0.2, -0.15) is 0 Å². The zero-order valence-corrected chi connectivity index (χ0v) is 15.8. The van der Waals surface area contributed by atoms with Crippen LogP contribution in [0.3, 0.4) is 0 Å². The van der Waals surface area contributed by atoms with Gasteiger partial charge in [0, 0.05) is 35.8 Å². The van der Waals surface area contributed by atoms with Crippen molar-refractivity contribution in [2.24, 2.45) is 0 Å². The highest BCUT2D eigenvalue weighted by Gasteiger charge is 2.15. The molecule has 1 atom stereocenters. The molecule has 27 heavy (non-hydrogen) atoms. The Labute approximate surface area is 159 Å². The maximum Gasteiger partial charge on any atom is 0.127 e. The van der Waals surface area contributed by atoms with Gasteiger partial charge in [-0.1, -0.05) is 43.3 Å². The number of fused-ring (bicyclic) bond motifs is 1. The summed E-state index contributed by atoms with van der Waals surface area (Å²) in [6.07, 6.45) is 0.977. The van der Waals surface area contributed by atoms with Crippen LogP contribution in [0.2, 0.25) is 0 Å². The fourth-order valence-corrected chi connectivity index (χ4v) is 3.64. The molecule has 1 aliphatic rings. The van der Waals surface area contributed by atoms with Crippen molar-refractivity contribution in [1.82, 2.24) is 4.98 Å². The van der Waals surface area contributed by atoms with E-state index in [0.717, 1.165) is 60.5 Å². The zero-order chi connectivity index (χ0) is 18.8. The van der Waals surface area contributed by atoms with E-state index in [1.807, 2.05) is 26.0 Å². The van der Waals surface area contributed by atoms with Crippen molar-refractivity contribution in [3.8, 4) is 11.1 Å². The number of morpholine rings is 1. The average molecular weight is 360 g/mol. The molecule has 0 bridgehead atoms. The van der Waals surface area contributed by atoms with Gasteiger partial charge in [0.1, 0.15) is 6.29 Å². The fourth-order valence-electron chi connectivity index (χ4n) is 3.64. The highest BCUT2D eigenvalue weighted by atomic mass is 16.5. The molecule has 0 spiro atoms. The number of aryl methyl sites for hydroxylation is 1. The molecule has 1 unspecified atom stereocenters. The van der Waals surface area contributed by atoms with Crippen molar-refractivity contribution in [3.63, 3.8) is 0 Å². The smallest absolute Gasteiger partial charge is 0.127 e. The molecule has 1 fully saturated rings. The van der Waals surface area contributed by atoms with Crippen LogP contribution in [0.4, 0.5) is 5.69 Å². The van der Waals surface area contributed by atoms with Crippen LogP contribution < -0.4 is 4.90 Å². The lowest BCUT2D eigenvalue weighted by Gasteiger charge is -2.30. The second kappa shape index (κ2) is 7.49. The lowest BCUT2D eigenvalue weighted by atomic mass is 9.97. The average Bonchev–Trinajstić information content (AvgIpc) is 2.73. The number of pyridine rings is 1. The van der Waals surface area contributed by atoms with Crippen molar-refractivity contribution in [2.75, 3.05) is 31.2 Å². The van der Waals surface area contributed by atoms with Gasteiger partial charge in [-0.3, -0.25) is 4.98 Å². The molecule has 1 aromatic heterocycles. The maximum atomic E-state index is 11.0. The third-order valence-corrected chi connectivity index (χ3v) is 5.24. The van der Waals surface area contributed by atoms with Crippen molar-refractivity contribution in [2.45, 2.75) is 19.8 Å². The molecule has 0 saturated carbocycles. The van der Waals surface area contributed by atoms with Gasteiger partial charge >= 0.3 is 0 Å². The number of carbonyl (C=O) groups is 1. The predicted octanol–water partition coefficient (Wildman–Crippen LogP) is 4.35. The summed E-state index contributed by atoms with van der Waals surface area (Å²) >= 11 is 0. The summed E-state index contributed by atoms with van der Waals surface area (Å²) in [7, 11) is 0. The van der Waals surface area contributed by atoms with Crippen LogP contribution in [0, 0.1) is 6.92 Å². The Bertz CT molecular complexity index is 960. The van der Waals surface area contributed by atoms with Gasteiger partial charge < -0.3 is 14.4 Å².